The predicted molar refractivity (Wildman–Crippen MR) is 126 cm³/mol. The van der Waals surface area contributed by atoms with E-state index in [1.165, 1.54) is 52.5 Å². The van der Waals surface area contributed by atoms with Crippen LogP contribution >= 0.6 is 0 Å². The third kappa shape index (κ3) is 5.92. The van der Waals surface area contributed by atoms with Gasteiger partial charge in [0.2, 0.25) is 20.0 Å². The van der Waals surface area contributed by atoms with Gasteiger partial charge in [0.15, 0.2) is 0 Å². The van der Waals surface area contributed by atoms with E-state index in [4.69, 9.17) is 5.11 Å². The van der Waals surface area contributed by atoms with Gasteiger partial charge in [0.05, 0.1) is 32.0 Å². The van der Waals surface area contributed by atoms with E-state index in [-0.39, 0.29) is 37.5 Å². The number of hydrogen-bond donors (Lipinski definition) is 4. The van der Waals surface area contributed by atoms with Crippen molar-refractivity contribution < 1.29 is 46.6 Å². The summed E-state index contributed by atoms with van der Waals surface area (Å²) >= 11 is 0. The highest BCUT2D eigenvalue weighted by atomic mass is 32.2. The van der Waals surface area contributed by atoms with E-state index in [9.17, 15) is 36.0 Å². The number of carbonyl (C=O) groups excluding carboxylic acids is 3. The fourth-order valence-electron chi connectivity index (χ4n) is 2.94. The minimum atomic E-state index is -3.75. The summed E-state index contributed by atoms with van der Waals surface area (Å²) < 4.78 is 50.4. The van der Waals surface area contributed by atoms with Crippen LogP contribution in [-0.2, 0) is 20.0 Å². The molecule has 0 spiro atoms. The number of benzene rings is 2. The van der Waals surface area contributed by atoms with Crippen molar-refractivity contribution in [3.05, 3.63) is 58.7 Å². The van der Waals surface area contributed by atoms with Crippen LogP contribution in [0.5, 0.6) is 0 Å². The van der Waals surface area contributed by atoms with Crippen LogP contribution in [0.4, 0.5) is 0 Å². The number of sulfonamides is 2. The van der Waals surface area contributed by atoms with E-state index >= 15 is 0 Å². The second kappa shape index (κ2) is 11.4. The van der Waals surface area contributed by atoms with Crippen LogP contribution in [-0.4, -0.2) is 84.2 Å². The van der Waals surface area contributed by atoms with Crippen LogP contribution < -0.4 is 14.8 Å². The van der Waals surface area contributed by atoms with Crippen LogP contribution in [0.2, 0.25) is 0 Å². The van der Waals surface area contributed by atoms with Crippen molar-refractivity contribution in [3.63, 3.8) is 0 Å². The Bertz CT molecular complexity index is 1440. The third-order valence-electron chi connectivity index (χ3n) is 4.91. The Balaban J connectivity index is 0.000000351. The van der Waals surface area contributed by atoms with Crippen molar-refractivity contribution in [1.29, 1.82) is 0 Å². The summed E-state index contributed by atoms with van der Waals surface area (Å²) in [5.74, 6) is -2.88. The number of nitrogens with zero attached hydrogens (tertiary/aromatic N) is 1. The fourth-order valence-corrected chi connectivity index (χ4v) is 4.46. The minimum Gasteiger partial charge on any atom is -0.478 e. The Labute approximate surface area is 206 Å². The Morgan fingerprint density at radius 3 is 1.72 bits per heavy atom. The molecule has 0 bridgehead atoms. The maximum absolute atomic E-state index is 11.7. The van der Waals surface area contributed by atoms with Gasteiger partial charge in [-0.1, -0.05) is 0 Å². The lowest BCUT2D eigenvalue weighted by atomic mass is 10.1. The molecule has 2 aromatic rings. The molecule has 2 aromatic carbocycles. The van der Waals surface area contributed by atoms with Crippen molar-refractivity contribution in [2.45, 2.75) is 9.79 Å². The van der Waals surface area contributed by atoms with Crippen molar-refractivity contribution >= 4 is 43.7 Å². The number of aromatic carboxylic acids is 1. The van der Waals surface area contributed by atoms with E-state index in [0.29, 0.717) is 0 Å². The van der Waals surface area contributed by atoms with Gasteiger partial charge in [0.25, 0.3) is 17.7 Å². The lowest BCUT2D eigenvalue weighted by Gasteiger charge is -2.08. The number of fused-ring (bicyclic) bond motifs is 1. The second-order valence-corrected chi connectivity index (χ2v) is 10.7. The molecule has 0 unspecified atom stereocenters. The quantitative estimate of drug-likeness (QED) is 0.315. The van der Waals surface area contributed by atoms with Gasteiger partial charge in [0, 0.05) is 14.1 Å². The number of carboxylic acid groups (broad SMARTS) is 1. The number of rotatable bonds is 6. The van der Waals surface area contributed by atoms with Gasteiger partial charge in [-0.05, 0) is 50.5 Å². The highest BCUT2D eigenvalue weighted by molar-refractivity contribution is 7.89. The lowest BCUT2D eigenvalue weighted by Crippen LogP contribution is -2.24. The number of imide groups is 1. The molecule has 1 aliphatic rings. The van der Waals surface area contributed by atoms with Crippen molar-refractivity contribution in [2.75, 3.05) is 28.2 Å². The largest absolute Gasteiger partial charge is 0.478 e. The molecule has 16 heteroatoms. The molecule has 3 amide bonds. The molecule has 1 heterocycles. The monoisotopic (exact) mass is 544 g/mol. The molecule has 1 aliphatic heterocycles. The van der Waals surface area contributed by atoms with Gasteiger partial charge in [-0.3, -0.25) is 19.3 Å². The van der Waals surface area contributed by atoms with Gasteiger partial charge >= 0.3 is 5.97 Å². The molecule has 14 nitrogen and oxygen atoms in total. The summed E-state index contributed by atoms with van der Waals surface area (Å²) in [4.78, 5) is 46.4. The summed E-state index contributed by atoms with van der Waals surface area (Å²) in [6.45, 7) is 0. The first-order chi connectivity index (χ1) is 16.2. The molecular formula is C20H24N4O10S2. The van der Waals surface area contributed by atoms with E-state index in [0.717, 1.165) is 17.0 Å². The maximum Gasteiger partial charge on any atom is 0.336 e. The first kappa shape index (κ1) is 30.3. The van der Waals surface area contributed by atoms with Gasteiger partial charge in [-0.15, -0.1) is 0 Å². The molecule has 0 radical (unpaired) electrons. The summed E-state index contributed by atoms with van der Waals surface area (Å²) in [5.41, 5.74) is -0.118. The van der Waals surface area contributed by atoms with Gasteiger partial charge in [-0.2, -0.15) is 0 Å². The molecular weight excluding hydrogens is 520 g/mol. The topological polar surface area (TPSA) is 228 Å². The minimum absolute atomic E-state index is 0. The number of hydrogen-bond acceptors (Lipinski definition) is 8. The average Bonchev–Trinajstić information content (AvgIpc) is 3.06. The normalized spacial score (nSPS) is 12.7. The lowest BCUT2D eigenvalue weighted by molar-refractivity contribution is 0.0680. The summed E-state index contributed by atoms with van der Waals surface area (Å²) in [6, 6.07) is 7.14. The van der Waals surface area contributed by atoms with Crippen LogP contribution in [0.1, 0.15) is 41.4 Å². The van der Waals surface area contributed by atoms with E-state index in [2.05, 4.69) is 14.8 Å². The Hall–Kier alpha value is -3.70. The molecule has 6 N–H and O–H groups in total. The van der Waals surface area contributed by atoms with Crippen LogP contribution in [0.25, 0.3) is 0 Å². The van der Waals surface area contributed by atoms with Gasteiger partial charge in [0.1, 0.15) is 0 Å². The summed E-state index contributed by atoms with van der Waals surface area (Å²) in [6.07, 6.45) is 0. The number of amides is 3. The van der Waals surface area contributed by atoms with Gasteiger partial charge in [-0.25, -0.2) is 31.1 Å². The molecule has 196 valence electrons. The molecule has 3 rings (SSSR count). The molecule has 0 aromatic heterocycles. The number of nitrogens with one attached hydrogen (secondary N) is 3. The van der Waals surface area contributed by atoms with E-state index in [1.807, 2.05) is 0 Å². The zero-order valence-corrected chi connectivity index (χ0v) is 21.1. The Kier molecular flexibility index (Phi) is 9.57. The number of carbonyl (C=O) groups is 4. The molecule has 0 aliphatic carbocycles. The highest BCUT2D eigenvalue weighted by Gasteiger charge is 2.33. The van der Waals surface area contributed by atoms with Crippen LogP contribution in [0.3, 0.4) is 0 Å². The smallest absolute Gasteiger partial charge is 0.336 e. The summed E-state index contributed by atoms with van der Waals surface area (Å²) in [7, 11) is -2.16. The second-order valence-electron chi connectivity index (χ2n) is 6.88. The Morgan fingerprint density at radius 2 is 1.25 bits per heavy atom. The van der Waals surface area contributed by atoms with Crippen molar-refractivity contribution in [3.8, 4) is 0 Å². The average molecular weight is 545 g/mol. The number of carboxylic acids is 1. The first-order valence-electron chi connectivity index (χ1n) is 9.64. The third-order valence-corrected chi connectivity index (χ3v) is 7.74. The van der Waals surface area contributed by atoms with E-state index < -0.39 is 43.7 Å². The van der Waals surface area contributed by atoms with E-state index in [1.54, 1.807) is 0 Å². The molecule has 0 saturated carbocycles. The zero-order valence-electron chi connectivity index (χ0n) is 19.4. The molecule has 0 atom stereocenters. The SMILES string of the molecule is CNC(=O)c1ccc(S(=O)(=O)NC)cc1C(=O)O.CNS(=O)(=O)c1ccc2c(c1)C(=O)N(C)C2=O.O. The molecule has 36 heavy (non-hydrogen) atoms. The molecule has 0 saturated heterocycles. The fraction of sp³-hybridized carbons (Fsp3) is 0.200. The first-order valence-corrected chi connectivity index (χ1v) is 12.6. The predicted octanol–water partition coefficient (Wildman–Crippen LogP) is -1.35. The maximum atomic E-state index is 11.7. The zero-order chi connectivity index (χ0) is 26.7. The van der Waals surface area contributed by atoms with Gasteiger partial charge < -0.3 is 15.9 Å². The van der Waals surface area contributed by atoms with Crippen LogP contribution in [0.15, 0.2) is 46.2 Å². The Morgan fingerprint density at radius 1 is 0.778 bits per heavy atom. The summed E-state index contributed by atoms with van der Waals surface area (Å²) in [5, 5.41) is 11.3. The van der Waals surface area contributed by atoms with Crippen LogP contribution in [0, 0.1) is 0 Å². The standard InChI is InChI=1S/C10H12N2O5S.C10H10N2O4S.H2O/c1-11-9(13)7-4-3-6(18(16,17)12-2)5-8(7)10(14)15;1-11-17(15,16)6-3-4-7-8(5-6)10(14)12(2)9(7)13;/h3-5,12H,1-2H3,(H,11,13)(H,14,15);3-5,11H,1-2H3;1H2. The van der Waals surface area contributed by atoms with Crippen molar-refractivity contribution in [2.24, 2.45) is 0 Å². The molecule has 0 fully saturated rings. The van der Waals surface area contributed by atoms with Crippen molar-refractivity contribution in [1.82, 2.24) is 19.7 Å². The highest BCUT2D eigenvalue weighted by Crippen LogP contribution is 2.24.